The fraction of sp³-hybridized carbons (Fsp3) is 0.118. The molecule has 6 heteroatoms. The lowest BCUT2D eigenvalue weighted by molar-refractivity contribution is 0.414. The summed E-state index contributed by atoms with van der Waals surface area (Å²) in [6.07, 6.45) is 0. The van der Waals surface area contributed by atoms with Crippen LogP contribution in [0.3, 0.4) is 0 Å². The first-order valence-corrected chi connectivity index (χ1v) is 8.35. The Balaban J connectivity index is 2.01. The van der Waals surface area contributed by atoms with Crippen molar-refractivity contribution in [3.8, 4) is 11.5 Å². The molecule has 0 aliphatic rings. The minimum atomic E-state index is -3.94. The number of pyridine rings is 1. The monoisotopic (exact) mass is 329 g/mol. The zero-order chi connectivity index (χ0) is 16.4. The predicted octanol–water partition coefficient (Wildman–Crippen LogP) is 3.32. The van der Waals surface area contributed by atoms with Crippen molar-refractivity contribution in [2.45, 2.75) is 11.8 Å². The minimum Gasteiger partial charge on any atom is -0.497 e. The average Bonchev–Trinajstić information content (AvgIpc) is 2.55. The summed E-state index contributed by atoms with van der Waals surface area (Å²) in [6, 6.07) is 15.0. The van der Waals surface area contributed by atoms with E-state index in [9.17, 15) is 8.42 Å². The van der Waals surface area contributed by atoms with Gasteiger partial charge in [-0.1, -0.05) is 18.2 Å². The summed E-state index contributed by atoms with van der Waals surface area (Å²) in [5.41, 5.74) is 1.31. The highest BCUT2D eigenvalue weighted by Gasteiger charge is 2.18. The van der Waals surface area contributed by atoms with Crippen molar-refractivity contribution in [2.75, 3.05) is 7.11 Å². The molecular formula is C17H15NO4S. The smallest absolute Gasteiger partial charge is 0.339 e. The van der Waals surface area contributed by atoms with Gasteiger partial charge in [-0.25, -0.2) is 4.98 Å². The Kier molecular flexibility index (Phi) is 3.92. The van der Waals surface area contributed by atoms with E-state index in [0.717, 1.165) is 11.1 Å². The molecule has 0 aliphatic carbocycles. The Morgan fingerprint density at radius 2 is 1.70 bits per heavy atom. The van der Waals surface area contributed by atoms with Crippen molar-refractivity contribution in [2.24, 2.45) is 0 Å². The zero-order valence-electron chi connectivity index (χ0n) is 12.7. The van der Waals surface area contributed by atoms with Gasteiger partial charge in [0, 0.05) is 11.1 Å². The van der Waals surface area contributed by atoms with Crippen LogP contribution in [-0.4, -0.2) is 20.5 Å². The molecule has 0 amide bonds. The highest BCUT2D eigenvalue weighted by atomic mass is 32.2. The van der Waals surface area contributed by atoms with Crippen molar-refractivity contribution >= 4 is 21.0 Å². The maximum atomic E-state index is 12.4. The van der Waals surface area contributed by atoms with Crippen LogP contribution in [0.25, 0.3) is 10.9 Å². The van der Waals surface area contributed by atoms with E-state index in [-0.39, 0.29) is 10.6 Å². The number of hydrogen-bond donors (Lipinski definition) is 0. The van der Waals surface area contributed by atoms with Crippen LogP contribution in [0.1, 0.15) is 5.69 Å². The summed E-state index contributed by atoms with van der Waals surface area (Å²) in [5.74, 6) is 0.786. The van der Waals surface area contributed by atoms with Gasteiger partial charge < -0.3 is 8.92 Å². The molecule has 0 atom stereocenters. The molecule has 3 aromatic rings. The molecule has 5 nitrogen and oxygen atoms in total. The van der Waals surface area contributed by atoms with E-state index in [1.54, 1.807) is 24.3 Å². The molecule has 1 aromatic heterocycles. The molecule has 0 unspecified atom stereocenters. The van der Waals surface area contributed by atoms with Crippen molar-refractivity contribution in [1.82, 2.24) is 4.98 Å². The molecule has 0 bridgehead atoms. The molecule has 0 saturated carbocycles. The van der Waals surface area contributed by atoms with Gasteiger partial charge in [0.1, 0.15) is 16.2 Å². The number of rotatable bonds is 4. The summed E-state index contributed by atoms with van der Waals surface area (Å²) in [7, 11) is -2.42. The fourth-order valence-corrected chi connectivity index (χ4v) is 3.13. The van der Waals surface area contributed by atoms with Crippen LogP contribution >= 0.6 is 0 Å². The molecule has 0 saturated heterocycles. The highest BCUT2D eigenvalue weighted by molar-refractivity contribution is 7.87. The molecule has 1 heterocycles. The maximum Gasteiger partial charge on any atom is 0.339 e. The molecule has 0 N–H and O–H groups in total. The van der Waals surface area contributed by atoms with E-state index in [2.05, 4.69) is 4.98 Å². The first kappa shape index (κ1) is 15.3. The van der Waals surface area contributed by atoms with Crippen LogP contribution < -0.4 is 8.92 Å². The Morgan fingerprint density at radius 3 is 2.39 bits per heavy atom. The quantitative estimate of drug-likeness (QED) is 0.687. The van der Waals surface area contributed by atoms with Gasteiger partial charge in [-0.2, -0.15) is 8.42 Å². The zero-order valence-corrected chi connectivity index (χ0v) is 13.5. The molecule has 23 heavy (non-hydrogen) atoms. The van der Waals surface area contributed by atoms with E-state index in [4.69, 9.17) is 8.92 Å². The van der Waals surface area contributed by atoms with Crippen LogP contribution in [0.5, 0.6) is 11.5 Å². The number of nitrogens with zero attached hydrogens (tertiary/aromatic N) is 1. The van der Waals surface area contributed by atoms with Gasteiger partial charge in [0.25, 0.3) is 0 Å². The van der Waals surface area contributed by atoms with E-state index in [1.807, 2.05) is 25.1 Å². The van der Waals surface area contributed by atoms with Gasteiger partial charge in [0.15, 0.2) is 5.75 Å². The van der Waals surface area contributed by atoms with Gasteiger partial charge in [0.2, 0.25) is 0 Å². The van der Waals surface area contributed by atoms with E-state index >= 15 is 0 Å². The van der Waals surface area contributed by atoms with Crippen LogP contribution in [0, 0.1) is 6.92 Å². The van der Waals surface area contributed by atoms with Gasteiger partial charge in [-0.15, -0.1) is 0 Å². The first-order valence-electron chi connectivity index (χ1n) is 6.94. The lowest BCUT2D eigenvalue weighted by Crippen LogP contribution is -2.10. The Bertz CT molecular complexity index is 950. The number of fused-ring (bicyclic) bond motifs is 1. The standard InChI is InChI=1S/C17H15NO4S/c1-12-6-7-13-4-3-5-16(17(13)18-12)22-23(19,20)15-10-8-14(21-2)9-11-15/h3-11H,1-2H3. The number of benzene rings is 2. The third-order valence-electron chi connectivity index (χ3n) is 3.37. The molecule has 0 spiro atoms. The Labute approximate surface area is 134 Å². The highest BCUT2D eigenvalue weighted by Crippen LogP contribution is 2.27. The van der Waals surface area contributed by atoms with Crippen molar-refractivity contribution in [3.05, 3.63) is 60.3 Å². The largest absolute Gasteiger partial charge is 0.497 e. The Morgan fingerprint density at radius 1 is 0.957 bits per heavy atom. The molecule has 0 aliphatic heterocycles. The number of para-hydroxylation sites is 1. The summed E-state index contributed by atoms with van der Waals surface area (Å²) < 4.78 is 35.2. The van der Waals surface area contributed by atoms with Crippen LogP contribution in [0.4, 0.5) is 0 Å². The van der Waals surface area contributed by atoms with E-state index < -0.39 is 10.1 Å². The van der Waals surface area contributed by atoms with Crippen LogP contribution in [0.2, 0.25) is 0 Å². The summed E-state index contributed by atoms with van der Waals surface area (Å²) in [6.45, 7) is 1.84. The number of hydrogen-bond acceptors (Lipinski definition) is 5. The van der Waals surface area contributed by atoms with Gasteiger partial charge in [-0.3, -0.25) is 0 Å². The summed E-state index contributed by atoms with van der Waals surface area (Å²) in [5, 5.41) is 0.818. The third kappa shape index (κ3) is 3.12. The predicted molar refractivity (Wildman–Crippen MR) is 87.3 cm³/mol. The fourth-order valence-electron chi connectivity index (χ4n) is 2.19. The molecule has 118 valence electrons. The van der Waals surface area contributed by atoms with Gasteiger partial charge in [-0.05, 0) is 43.3 Å². The Hall–Kier alpha value is -2.60. The average molecular weight is 329 g/mol. The second-order valence-corrected chi connectivity index (χ2v) is 6.54. The normalized spacial score (nSPS) is 11.4. The number of aryl methyl sites for hydroxylation is 1. The molecule has 0 radical (unpaired) electrons. The number of aromatic nitrogens is 1. The number of ether oxygens (including phenoxy) is 1. The van der Waals surface area contributed by atoms with Crippen LogP contribution in [-0.2, 0) is 10.1 Å². The number of methoxy groups -OCH3 is 1. The first-order chi connectivity index (χ1) is 11.0. The van der Waals surface area contributed by atoms with E-state index in [0.29, 0.717) is 11.3 Å². The van der Waals surface area contributed by atoms with Crippen molar-refractivity contribution in [3.63, 3.8) is 0 Å². The topological polar surface area (TPSA) is 65.5 Å². The lowest BCUT2D eigenvalue weighted by atomic mass is 10.2. The maximum absolute atomic E-state index is 12.4. The van der Waals surface area contributed by atoms with Crippen molar-refractivity contribution < 1.29 is 17.3 Å². The second kappa shape index (κ2) is 5.89. The van der Waals surface area contributed by atoms with Crippen molar-refractivity contribution in [1.29, 1.82) is 0 Å². The molecule has 3 rings (SSSR count). The van der Waals surface area contributed by atoms with Gasteiger partial charge >= 0.3 is 10.1 Å². The molecule has 0 fully saturated rings. The van der Waals surface area contributed by atoms with Crippen LogP contribution in [0.15, 0.2) is 59.5 Å². The van der Waals surface area contributed by atoms with Gasteiger partial charge in [0.05, 0.1) is 7.11 Å². The second-order valence-electron chi connectivity index (χ2n) is 4.99. The summed E-state index contributed by atoms with van der Waals surface area (Å²) >= 11 is 0. The SMILES string of the molecule is COc1ccc(S(=O)(=O)Oc2cccc3ccc(C)nc23)cc1. The lowest BCUT2D eigenvalue weighted by Gasteiger charge is -2.10. The summed E-state index contributed by atoms with van der Waals surface area (Å²) in [4.78, 5) is 4.43. The third-order valence-corrected chi connectivity index (χ3v) is 4.62. The minimum absolute atomic E-state index is 0.0583. The van der Waals surface area contributed by atoms with E-state index in [1.165, 1.54) is 19.2 Å². The molecular weight excluding hydrogens is 314 g/mol. The molecule has 2 aromatic carbocycles.